The summed E-state index contributed by atoms with van der Waals surface area (Å²) in [6, 6.07) is 10.2. The van der Waals surface area contributed by atoms with Crippen molar-refractivity contribution in [3.8, 4) is 0 Å². The Morgan fingerprint density at radius 3 is 2.78 bits per heavy atom. The number of thioether (sulfide) groups is 1. The van der Waals surface area contributed by atoms with Crippen molar-refractivity contribution < 1.29 is 4.79 Å². The van der Waals surface area contributed by atoms with E-state index in [0.29, 0.717) is 11.0 Å². The molecule has 23 heavy (non-hydrogen) atoms. The van der Waals surface area contributed by atoms with Crippen LogP contribution in [0.4, 0.5) is 5.13 Å². The summed E-state index contributed by atoms with van der Waals surface area (Å²) in [5.41, 5.74) is 1.25. The van der Waals surface area contributed by atoms with Crippen LogP contribution in [-0.4, -0.2) is 29.2 Å². The number of aromatic nitrogens is 2. The third kappa shape index (κ3) is 4.91. The molecule has 1 unspecified atom stereocenters. The second-order valence-corrected chi connectivity index (χ2v) is 7.54. The first-order valence-electron chi connectivity index (χ1n) is 7.24. The van der Waals surface area contributed by atoms with Gasteiger partial charge in [0.2, 0.25) is 11.0 Å². The number of nitrogens with one attached hydrogen (secondary N) is 2. The van der Waals surface area contributed by atoms with E-state index >= 15 is 0 Å². The fourth-order valence-corrected chi connectivity index (χ4v) is 3.85. The van der Waals surface area contributed by atoms with Gasteiger partial charge in [-0.05, 0) is 24.6 Å². The van der Waals surface area contributed by atoms with Crippen molar-refractivity contribution in [3.63, 3.8) is 0 Å². The van der Waals surface area contributed by atoms with Gasteiger partial charge in [0.25, 0.3) is 0 Å². The van der Waals surface area contributed by atoms with Crippen molar-refractivity contribution in [2.24, 2.45) is 11.8 Å². The number of hydrogen-bond donors (Lipinski definition) is 2. The smallest absolute Gasteiger partial charge is 0.229 e. The second-order valence-electron chi connectivity index (χ2n) is 5.34. The van der Waals surface area contributed by atoms with Crippen molar-refractivity contribution in [3.05, 3.63) is 35.9 Å². The molecular weight excluding hydrogens is 352 g/mol. The second kappa shape index (κ2) is 8.63. The average Bonchev–Trinajstić information content (AvgIpc) is 2.92. The summed E-state index contributed by atoms with van der Waals surface area (Å²) < 4.78 is 0.872. The third-order valence-electron chi connectivity index (χ3n) is 3.78. The van der Waals surface area contributed by atoms with Gasteiger partial charge in [0.15, 0.2) is 4.34 Å². The van der Waals surface area contributed by atoms with Gasteiger partial charge in [-0.25, -0.2) is 0 Å². The topological polar surface area (TPSA) is 66.9 Å². The quantitative estimate of drug-likeness (QED) is 0.604. The van der Waals surface area contributed by atoms with Crippen LogP contribution in [0.3, 0.4) is 0 Å². The molecule has 1 atom stereocenters. The molecular formula is C15H19ClN4OS2. The number of hydrogen-bond acceptors (Lipinski definition) is 6. The number of carbonyl (C=O) groups excluding carboxylic acids is 1. The fraction of sp³-hybridized carbons (Fsp3) is 0.400. The summed E-state index contributed by atoms with van der Waals surface area (Å²) >= 11 is 3.06. The number of amides is 1. The van der Waals surface area contributed by atoms with Crippen molar-refractivity contribution >= 4 is 46.5 Å². The molecule has 0 spiro atoms. The standard InChI is InChI=1S/C15H18N4OS2.ClH/c1-10(12-7-16-8-12)13(20)17-14-18-19-15(22-14)21-9-11-5-3-2-4-6-11;/h2-6,10,12,16H,7-9H2,1H3,(H,17,18,20);1H. The highest BCUT2D eigenvalue weighted by Crippen LogP contribution is 2.28. The fourth-order valence-electron chi connectivity index (χ4n) is 2.14. The molecule has 0 radical (unpaired) electrons. The Bertz CT molecular complexity index is 633. The summed E-state index contributed by atoms with van der Waals surface area (Å²) in [5.74, 6) is 1.32. The predicted octanol–water partition coefficient (Wildman–Crippen LogP) is 3.05. The van der Waals surface area contributed by atoms with Gasteiger partial charge in [-0.2, -0.15) is 0 Å². The molecule has 1 saturated heterocycles. The molecule has 124 valence electrons. The van der Waals surface area contributed by atoms with Gasteiger partial charge in [-0.3, -0.25) is 4.79 Å². The number of benzene rings is 1. The van der Waals surface area contributed by atoms with Crippen LogP contribution >= 0.6 is 35.5 Å². The Hall–Kier alpha value is -1.15. The van der Waals surface area contributed by atoms with Crippen molar-refractivity contribution in [2.75, 3.05) is 18.4 Å². The molecule has 1 fully saturated rings. The lowest BCUT2D eigenvalue weighted by Crippen LogP contribution is -2.48. The zero-order valence-corrected chi connectivity index (χ0v) is 15.1. The minimum absolute atomic E-state index is 0. The first kappa shape index (κ1) is 18.2. The number of carbonyl (C=O) groups is 1. The van der Waals surface area contributed by atoms with Crippen LogP contribution in [0.15, 0.2) is 34.7 Å². The Labute approximate surface area is 150 Å². The first-order valence-corrected chi connectivity index (χ1v) is 9.04. The van der Waals surface area contributed by atoms with Gasteiger partial charge in [-0.15, -0.1) is 22.6 Å². The predicted molar refractivity (Wildman–Crippen MR) is 97.3 cm³/mol. The molecule has 2 N–H and O–H groups in total. The molecule has 3 rings (SSSR count). The van der Waals surface area contributed by atoms with E-state index in [0.717, 1.165) is 23.2 Å². The molecule has 1 aliphatic heterocycles. The molecule has 8 heteroatoms. The van der Waals surface area contributed by atoms with E-state index in [4.69, 9.17) is 0 Å². The molecule has 1 aromatic heterocycles. The molecule has 0 saturated carbocycles. The van der Waals surface area contributed by atoms with E-state index in [-0.39, 0.29) is 24.2 Å². The monoisotopic (exact) mass is 370 g/mol. The maximum Gasteiger partial charge on any atom is 0.229 e. The lowest BCUT2D eigenvalue weighted by atomic mass is 9.88. The van der Waals surface area contributed by atoms with E-state index in [9.17, 15) is 4.79 Å². The van der Waals surface area contributed by atoms with Gasteiger partial charge < -0.3 is 10.6 Å². The zero-order chi connectivity index (χ0) is 15.4. The Morgan fingerprint density at radius 1 is 1.39 bits per heavy atom. The molecule has 5 nitrogen and oxygen atoms in total. The van der Waals surface area contributed by atoms with Gasteiger partial charge in [-0.1, -0.05) is 60.4 Å². The first-order chi connectivity index (χ1) is 10.7. The maximum atomic E-state index is 12.1. The number of nitrogens with zero attached hydrogens (tertiary/aromatic N) is 2. The number of anilines is 1. The van der Waals surface area contributed by atoms with Crippen LogP contribution in [0, 0.1) is 11.8 Å². The van der Waals surface area contributed by atoms with Crippen LogP contribution in [0.1, 0.15) is 12.5 Å². The molecule has 1 aromatic carbocycles. The number of rotatable bonds is 6. The van der Waals surface area contributed by atoms with Gasteiger partial charge in [0.05, 0.1) is 0 Å². The molecule has 2 aromatic rings. The minimum Gasteiger partial charge on any atom is -0.316 e. The maximum absolute atomic E-state index is 12.1. The van der Waals surface area contributed by atoms with Crippen molar-refractivity contribution in [1.29, 1.82) is 0 Å². The SMILES string of the molecule is CC(C(=O)Nc1nnc(SCc2ccccc2)s1)C1CNC1.Cl. The van der Waals surface area contributed by atoms with E-state index in [1.54, 1.807) is 11.8 Å². The number of halogens is 1. The molecule has 0 aliphatic carbocycles. The Morgan fingerprint density at radius 2 is 2.13 bits per heavy atom. The summed E-state index contributed by atoms with van der Waals surface area (Å²) in [6.07, 6.45) is 0. The Balaban J connectivity index is 0.00000192. The third-order valence-corrected chi connectivity index (χ3v) is 5.82. The molecule has 1 aliphatic rings. The highest BCUT2D eigenvalue weighted by atomic mass is 35.5. The highest BCUT2D eigenvalue weighted by Gasteiger charge is 2.29. The van der Waals surface area contributed by atoms with E-state index in [2.05, 4.69) is 33.0 Å². The van der Waals surface area contributed by atoms with Crippen LogP contribution in [0.25, 0.3) is 0 Å². The Kier molecular flexibility index (Phi) is 6.83. The van der Waals surface area contributed by atoms with Gasteiger partial charge >= 0.3 is 0 Å². The zero-order valence-electron chi connectivity index (χ0n) is 12.7. The summed E-state index contributed by atoms with van der Waals surface area (Å²) in [6.45, 7) is 3.80. The summed E-state index contributed by atoms with van der Waals surface area (Å²) in [5, 5.41) is 14.8. The van der Waals surface area contributed by atoms with Crippen LogP contribution in [0.2, 0.25) is 0 Å². The molecule has 1 amide bonds. The average molecular weight is 371 g/mol. The summed E-state index contributed by atoms with van der Waals surface area (Å²) in [7, 11) is 0. The van der Waals surface area contributed by atoms with Crippen molar-refractivity contribution in [2.45, 2.75) is 17.0 Å². The van der Waals surface area contributed by atoms with E-state index in [1.165, 1.54) is 16.9 Å². The van der Waals surface area contributed by atoms with Gasteiger partial charge in [0.1, 0.15) is 0 Å². The highest BCUT2D eigenvalue weighted by molar-refractivity contribution is 8.00. The molecule has 0 bridgehead atoms. The summed E-state index contributed by atoms with van der Waals surface area (Å²) in [4.78, 5) is 12.1. The van der Waals surface area contributed by atoms with Crippen LogP contribution in [0.5, 0.6) is 0 Å². The largest absolute Gasteiger partial charge is 0.316 e. The lowest BCUT2D eigenvalue weighted by molar-refractivity contribution is -0.121. The van der Waals surface area contributed by atoms with E-state index < -0.39 is 0 Å². The lowest BCUT2D eigenvalue weighted by Gasteiger charge is -2.31. The van der Waals surface area contributed by atoms with Crippen LogP contribution < -0.4 is 10.6 Å². The van der Waals surface area contributed by atoms with Crippen molar-refractivity contribution in [1.82, 2.24) is 15.5 Å². The molecule has 2 heterocycles. The van der Waals surface area contributed by atoms with E-state index in [1.807, 2.05) is 25.1 Å². The van der Waals surface area contributed by atoms with Gasteiger partial charge in [0, 0.05) is 11.7 Å². The minimum atomic E-state index is 0. The normalized spacial score (nSPS) is 15.3. The van der Waals surface area contributed by atoms with Crippen LogP contribution in [-0.2, 0) is 10.5 Å².